The van der Waals surface area contributed by atoms with Gasteiger partial charge < -0.3 is 9.80 Å². The van der Waals surface area contributed by atoms with Crippen LogP contribution in [0.15, 0.2) is 73.1 Å². The monoisotopic (exact) mass is 413 g/mol. The molecule has 1 aromatic heterocycles. The lowest BCUT2D eigenvalue weighted by Crippen LogP contribution is -2.48. The maximum Gasteiger partial charge on any atom is 0.266 e. The normalized spacial score (nSPS) is 15.9. The topological polar surface area (TPSA) is 75.1 Å². The number of hydrogen-bond donors (Lipinski definition) is 0. The smallest absolute Gasteiger partial charge is 0.266 e. The van der Waals surface area contributed by atoms with Crippen LogP contribution in [-0.4, -0.2) is 48.8 Å². The van der Waals surface area contributed by atoms with Crippen molar-refractivity contribution in [3.63, 3.8) is 0 Å². The van der Waals surface area contributed by atoms with E-state index in [4.69, 9.17) is 0 Å². The van der Waals surface area contributed by atoms with Gasteiger partial charge in [0.25, 0.3) is 17.7 Å². The molecule has 3 amide bonds. The van der Waals surface area contributed by atoms with Crippen molar-refractivity contribution < 1.29 is 19.4 Å². The molecule has 0 atom stereocenters. The van der Waals surface area contributed by atoms with Crippen LogP contribution >= 0.6 is 0 Å². The van der Waals surface area contributed by atoms with Gasteiger partial charge in [-0.15, -0.1) is 0 Å². The van der Waals surface area contributed by atoms with Crippen LogP contribution < -0.4 is 14.8 Å². The van der Waals surface area contributed by atoms with Gasteiger partial charge in [-0.1, -0.05) is 12.1 Å². The lowest BCUT2D eigenvalue weighted by Gasteiger charge is -2.35. The molecule has 0 saturated carbocycles. The van der Waals surface area contributed by atoms with E-state index >= 15 is 0 Å². The number of pyridine rings is 1. The highest BCUT2D eigenvalue weighted by molar-refractivity contribution is 6.34. The number of carbonyl (C=O) groups excluding carboxylic acids is 3. The Bertz CT molecular complexity index is 1120. The van der Waals surface area contributed by atoms with Gasteiger partial charge in [0.1, 0.15) is 0 Å². The molecule has 7 nitrogen and oxygen atoms in total. The molecule has 5 rings (SSSR count). The van der Waals surface area contributed by atoms with Gasteiger partial charge in [-0.05, 0) is 36.4 Å². The second-order valence-corrected chi connectivity index (χ2v) is 7.58. The highest BCUT2D eigenvalue weighted by Gasteiger charge is 2.36. The number of fused-ring (bicyclic) bond motifs is 1. The van der Waals surface area contributed by atoms with E-state index < -0.39 is 0 Å². The number of anilines is 2. The molecule has 0 radical (unpaired) electrons. The number of aromatic amines is 1. The summed E-state index contributed by atoms with van der Waals surface area (Å²) in [7, 11) is 0. The van der Waals surface area contributed by atoms with E-state index in [1.54, 1.807) is 48.5 Å². The van der Waals surface area contributed by atoms with Gasteiger partial charge in [-0.2, -0.15) is 0 Å². The van der Waals surface area contributed by atoms with Crippen molar-refractivity contribution in [3.05, 3.63) is 89.7 Å². The zero-order valence-electron chi connectivity index (χ0n) is 16.8. The van der Waals surface area contributed by atoms with E-state index in [-0.39, 0.29) is 17.7 Å². The number of imide groups is 1. The molecule has 0 spiro atoms. The molecule has 2 aliphatic heterocycles. The number of aromatic nitrogens is 1. The number of benzene rings is 2. The highest BCUT2D eigenvalue weighted by Crippen LogP contribution is 2.28. The fourth-order valence-corrected chi connectivity index (χ4v) is 4.12. The van der Waals surface area contributed by atoms with E-state index in [1.165, 1.54) is 0 Å². The second-order valence-electron chi connectivity index (χ2n) is 7.58. The van der Waals surface area contributed by atoms with Crippen molar-refractivity contribution in [2.75, 3.05) is 36.0 Å². The van der Waals surface area contributed by atoms with Crippen LogP contribution in [-0.2, 0) is 0 Å². The molecule has 31 heavy (non-hydrogen) atoms. The number of rotatable bonds is 3. The van der Waals surface area contributed by atoms with Gasteiger partial charge in [0.2, 0.25) is 0 Å². The molecule has 2 aromatic carbocycles. The minimum atomic E-state index is -0.339. The van der Waals surface area contributed by atoms with Gasteiger partial charge in [-0.3, -0.25) is 14.4 Å². The molecule has 1 saturated heterocycles. The summed E-state index contributed by atoms with van der Waals surface area (Å²) in [5.41, 5.74) is 2.95. The molecular formula is C24H21N4O3+. The van der Waals surface area contributed by atoms with Crippen molar-refractivity contribution in [1.29, 1.82) is 0 Å². The van der Waals surface area contributed by atoms with Gasteiger partial charge in [0.05, 0.1) is 16.8 Å². The maximum atomic E-state index is 12.9. The minimum absolute atomic E-state index is 0.0463. The summed E-state index contributed by atoms with van der Waals surface area (Å²) in [5.74, 6) is -0.724. The van der Waals surface area contributed by atoms with Gasteiger partial charge >= 0.3 is 0 Å². The first-order valence-electron chi connectivity index (χ1n) is 10.2. The summed E-state index contributed by atoms with van der Waals surface area (Å²) < 4.78 is 0. The third-order valence-corrected chi connectivity index (χ3v) is 5.80. The van der Waals surface area contributed by atoms with Crippen LogP contribution in [0.5, 0.6) is 0 Å². The fourth-order valence-electron chi connectivity index (χ4n) is 4.12. The maximum absolute atomic E-state index is 12.9. The Morgan fingerprint density at radius 1 is 0.710 bits per heavy atom. The Morgan fingerprint density at radius 3 is 1.87 bits per heavy atom. The minimum Gasteiger partial charge on any atom is -0.368 e. The lowest BCUT2D eigenvalue weighted by molar-refractivity contribution is -0.377. The number of hydrogen-bond acceptors (Lipinski definition) is 4. The average Bonchev–Trinajstić information content (AvgIpc) is 3.09. The number of H-pyrrole nitrogens is 1. The third kappa shape index (κ3) is 3.34. The molecule has 0 unspecified atom stereocenters. The standard InChI is InChI=1S/C24H20N4O3/c29-22(27-15-13-26(14-16-27)18-9-11-25-12-10-18)17-5-7-19(8-6-17)28-23(30)20-3-1-2-4-21(20)24(28)31/h1-12H,13-16H2/p+1. The summed E-state index contributed by atoms with van der Waals surface area (Å²) in [6.07, 6.45) is 3.78. The van der Waals surface area contributed by atoms with E-state index in [9.17, 15) is 14.4 Å². The average molecular weight is 413 g/mol. The number of amides is 3. The Balaban J connectivity index is 1.27. The number of piperazine rings is 1. The van der Waals surface area contributed by atoms with Crippen molar-refractivity contribution >= 4 is 29.1 Å². The summed E-state index contributed by atoms with van der Waals surface area (Å²) in [6, 6.07) is 17.5. The predicted molar refractivity (Wildman–Crippen MR) is 115 cm³/mol. The molecule has 3 heterocycles. The van der Waals surface area contributed by atoms with Crippen molar-refractivity contribution in [1.82, 2.24) is 4.90 Å². The first kappa shape index (κ1) is 19.0. The molecule has 2 aliphatic rings. The summed E-state index contributed by atoms with van der Waals surface area (Å²) in [6.45, 7) is 2.81. The van der Waals surface area contributed by atoms with Gasteiger partial charge in [0, 0.05) is 49.6 Å². The zero-order valence-corrected chi connectivity index (χ0v) is 16.8. The zero-order chi connectivity index (χ0) is 21.4. The van der Waals surface area contributed by atoms with Crippen LogP contribution in [0.25, 0.3) is 0 Å². The van der Waals surface area contributed by atoms with E-state index in [2.05, 4.69) is 9.88 Å². The van der Waals surface area contributed by atoms with E-state index in [0.29, 0.717) is 35.5 Å². The van der Waals surface area contributed by atoms with Crippen LogP contribution in [0.4, 0.5) is 11.4 Å². The number of carbonyl (C=O) groups is 3. The number of nitrogens with one attached hydrogen (secondary N) is 1. The summed E-state index contributed by atoms with van der Waals surface area (Å²) in [4.78, 5) is 46.5. The number of nitrogens with zero attached hydrogens (tertiary/aromatic N) is 3. The molecule has 3 aromatic rings. The van der Waals surface area contributed by atoms with Gasteiger partial charge in [0.15, 0.2) is 12.4 Å². The first-order chi connectivity index (χ1) is 15.1. The van der Waals surface area contributed by atoms with Crippen LogP contribution in [0.1, 0.15) is 31.1 Å². The largest absolute Gasteiger partial charge is 0.368 e. The summed E-state index contributed by atoms with van der Waals surface area (Å²) >= 11 is 0. The second kappa shape index (κ2) is 7.68. The predicted octanol–water partition coefficient (Wildman–Crippen LogP) is 2.26. The molecule has 7 heteroatoms. The lowest BCUT2D eigenvalue weighted by atomic mass is 10.1. The van der Waals surface area contributed by atoms with Crippen molar-refractivity contribution in [2.45, 2.75) is 0 Å². The first-order valence-corrected chi connectivity index (χ1v) is 10.2. The van der Waals surface area contributed by atoms with Gasteiger partial charge in [-0.25, -0.2) is 9.88 Å². The van der Waals surface area contributed by atoms with Crippen molar-refractivity contribution in [2.24, 2.45) is 0 Å². The molecule has 0 aliphatic carbocycles. The van der Waals surface area contributed by atoms with Crippen molar-refractivity contribution in [3.8, 4) is 0 Å². The van der Waals surface area contributed by atoms with Crippen LogP contribution in [0, 0.1) is 0 Å². The molecule has 1 N–H and O–H groups in total. The molecular weight excluding hydrogens is 392 g/mol. The molecule has 0 bridgehead atoms. The quantitative estimate of drug-likeness (QED) is 0.618. The molecule has 154 valence electrons. The molecule has 1 fully saturated rings. The van der Waals surface area contributed by atoms with E-state index in [1.807, 2.05) is 29.4 Å². The summed E-state index contributed by atoms with van der Waals surface area (Å²) in [5, 5.41) is 0. The fraction of sp³-hybridized carbons (Fsp3) is 0.167. The Morgan fingerprint density at radius 2 is 1.29 bits per heavy atom. The highest BCUT2D eigenvalue weighted by atomic mass is 16.2. The van der Waals surface area contributed by atoms with Crippen LogP contribution in [0.3, 0.4) is 0 Å². The Kier molecular flexibility index (Phi) is 4.71. The Hall–Kier alpha value is -4.00. The third-order valence-electron chi connectivity index (χ3n) is 5.80. The van der Waals surface area contributed by atoms with E-state index in [0.717, 1.165) is 23.7 Å². The van der Waals surface area contributed by atoms with Crippen LogP contribution in [0.2, 0.25) is 0 Å². The SMILES string of the molecule is O=C(c1ccc(N2C(=O)c3ccccc3C2=O)cc1)N1CCN(c2cc[nH+]cc2)CC1. The Labute approximate surface area is 179 Å².